The fourth-order valence-electron chi connectivity index (χ4n) is 2.98. The predicted molar refractivity (Wildman–Crippen MR) is 112 cm³/mol. The molecule has 0 fully saturated rings. The highest BCUT2D eigenvalue weighted by Gasteiger charge is 2.08. The molecule has 146 valence electrons. The number of nitrogens with zero attached hydrogens (tertiary/aromatic N) is 2. The second kappa shape index (κ2) is 9.01. The Kier molecular flexibility index (Phi) is 5.81. The van der Waals surface area contributed by atoms with Crippen molar-refractivity contribution in [3.8, 4) is 11.3 Å². The second-order valence-corrected chi connectivity index (χ2v) is 6.53. The van der Waals surface area contributed by atoms with Crippen LogP contribution in [0.4, 0.5) is 16.2 Å². The van der Waals surface area contributed by atoms with Gasteiger partial charge in [-0.3, -0.25) is 0 Å². The third-order valence-corrected chi connectivity index (χ3v) is 4.45. The highest BCUT2D eigenvalue weighted by molar-refractivity contribution is 5.64. The summed E-state index contributed by atoms with van der Waals surface area (Å²) in [6.07, 6.45) is 2.19. The van der Waals surface area contributed by atoms with E-state index in [0.717, 1.165) is 17.0 Å². The van der Waals surface area contributed by atoms with Gasteiger partial charge in [-0.15, -0.1) is 0 Å². The van der Waals surface area contributed by atoms with Crippen molar-refractivity contribution in [2.45, 2.75) is 13.0 Å². The van der Waals surface area contributed by atoms with Crippen LogP contribution < -0.4 is 10.6 Å². The maximum atomic E-state index is 13.8. The third kappa shape index (κ3) is 4.99. The summed E-state index contributed by atoms with van der Waals surface area (Å²) in [5.74, 6) is 1.78. The molecule has 5 nitrogen and oxygen atoms in total. The van der Waals surface area contributed by atoms with Crippen molar-refractivity contribution >= 4 is 11.8 Å². The quantitative estimate of drug-likeness (QED) is 0.437. The first-order chi connectivity index (χ1) is 14.3. The van der Waals surface area contributed by atoms with Crippen LogP contribution >= 0.6 is 0 Å². The van der Waals surface area contributed by atoms with Crippen LogP contribution in [-0.2, 0) is 13.0 Å². The highest BCUT2D eigenvalue weighted by Crippen LogP contribution is 2.22. The fraction of sp³-hybridized carbons (Fsp3) is 0.130. The van der Waals surface area contributed by atoms with Crippen LogP contribution in [0.5, 0.6) is 0 Å². The van der Waals surface area contributed by atoms with Gasteiger partial charge in [0.25, 0.3) is 0 Å². The van der Waals surface area contributed by atoms with E-state index < -0.39 is 0 Å². The molecule has 0 saturated carbocycles. The molecule has 2 N–H and O–H groups in total. The third-order valence-electron chi connectivity index (χ3n) is 4.45. The van der Waals surface area contributed by atoms with Gasteiger partial charge in [0.1, 0.15) is 17.4 Å². The smallest absolute Gasteiger partial charge is 0.225 e. The molecule has 0 amide bonds. The van der Waals surface area contributed by atoms with Crippen LogP contribution in [0.25, 0.3) is 11.3 Å². The molecule has 29 heavy (non-hydrogen) atoms. The topological polar surface area (TPSA) is 63.0 Å². The van der Waals surface area contributed by atoms with E-state index in [4.69, 9.17) is 4.42 Å². The Morgan fingerprint density at radius 1 is 0.862 bits per heavy atom. The molecule has 0 aliphatic carbocycles. The van der Waals surface area contributed by atoms with Crippen LogP contribution in [0.2, 0.25) is 0 Å². The molecule has 0 aliphatic heterocycles. The maximum Gasteiger partial charge on any atom is 0.225 e. The largest absolute Gasteiger partial charge is 0.467 e. The number of aromatic nitrogens is 2. The van der Waals surface area contributed by atoms with E-state index in [1.807, 2.05) is 54.6 Å². The second-order valence-electron chi connectivity index (χ2n) is 6.53. The average molecular weight is 388 g/mol. The number of hydrogen-bond donors (Lipinski definition) is 2. The minimum atomic E-state index is -0.192. The van der Waals surface area contributed by atoms with Crippen molar-refractivity contribution in [1.29, 1.82) is 0 Å². The van der Waals surface area contributed by atoms with Crippen LogP contribution in [-0.4, -0.2) is 16.5 Å². The van der Waals surface area contributed by atoms with E-state index in [1.165, 1.54) is 6.07 Å². The van der Waals surface area contributed by atoms with Crippen LogP contribution in [0.15, 0.2) is 83.5 Å². The Morgan fingerprint density at radius 3 is 2.48 bits per heavy atom. The highest BCUT2D eigenvalue weighted by atomic mass is 19.1. The molecule has 6 heteroatoms. The van der Waals surface area contributed by atoms with E-state index in [-0.39, 0.29) is 5.82 Å². The van der Waals surface area contributed by atoms with Crippen molar-refractivity contribution in [1.82, 2.24) is 9.97 Å². The summed E-state index contributed by atoms with van der Waals surface area (Å²) in [5, 5.41) is 6.48. The molecule has 0 spiro atoms. The minimum absolute atomic E-state index is 0.192. The molecule has 2 aromatic heterocycles. The molecule has 0 atom stereocenters. The Balaban J connectivity index is 1.51. The van der Waals surface area contributed by atoms with Gasteiger partial charge in [0, 0.05) is 18.2 Å². The number of furan rings is 1. The van der Waals surface area contributed by atoms with E-state index in [2.05, 4.69) is 20.6 Å². The zero-order chi connectivity index (χ0) is 19.9. The summed E-state index contributed by atoms with van der Waals surface area (Å²) >= 11 is 0. The molecular formula is C23H21FN4O. The molecule has 0 aliphatic rings. The lowest BCUT2D eigenvalue weighted by atomic mass is 10.1. The number of halogens is 1. The Morgan fingerprint density at radius 2 is 1.69 bits per heavy atom. The number of anilines is 2. The van der Waals surface area contributed by atoms with E-state index in [0.29, 0.717) is 36.8 Å². The van der Waals surface area contributed by atoms with Gasteiger partial charge < -0.3 is 15.1 Å². The Bertz CT molecular complexity index is 1050. The molecule has 0 radical (unpaired) electrons. The molecule has 2 heterocycles. The summed E-state index contributed by atoms with van der Waals surface area (Å²) in [4.78, 5) is 9.16. The predicted octanol–water partition coefficient (Wildman–Crippen LogP) is 5.14. The molecule has 2 aromatic carbocycles. The standard InChI is InChI=1S/C23H21FN4O/c24-20-11-5-4-7-17(20)12-13-25-22-15-21(18-8-2-1-3-9-18)27-23(28-22)26-16-19-10-6-14-29-19/h1-11,14-15H,12-13,16H2,(H2,25,26,27,28). The Labute approximate surface area is 168 Å². The van der Waals surface area contributed by atoms with Crippen molar-refractivity contribution in [2.75, 3.05) is 17.2 Å². The zero-order valence-electron chi connectivity index (χ0n) is 15.8. The summed E-state index contributed by atoms with van der Waals surface area (Å²) in [6.45, 7) is 1.05. The van der Waals surface area contributed by atoms with E-state index in [9.17, 15) is 4.39 Å². The van der Waals surface area contributed by atoms with Gasteiger partial charge in [0.2, 0.25) is 5.95 Å². The Hall–Kier alpha value is -3.67. The lowest BCUT2D eigenvalue weighted by molar-refractivity contribution is 0.517. The van der Waals surface area contributed by atoms with Crippen molar-refractivity contribution in [3.05, 3.63) is 96.2 Å². The first-order valence-corrected chi connectivity index (χ1v) is 9.46. The molecule has 4 aromatic rings. The average Bonchev–Trinajstić information content (AvgIpc) is 3.28. The van der Waals surface area contributed by atoms with Gasteiger partial charge in [0.05, 0.1) is 18.5 Å². The lowest BCUT2D eigenvalue weighted by Gasteiger charge is -2.11. The van der Waals surface area contributed by atoms with Gasteiger partial charge in [-0.1, -0.05) is 48.5 Å². The number of nitrogens with one attached hydrogen (secondary N) is 2. The first-order valence-electron chi connectivity index (χ1n) is 9.46. The molecule has 4 rings (SSSR count). The lowest BCUT2D eigenvalue weighted by Crippen LogP contribution is -2.10. The van der Waals surface area contributed by atoms with E-state index in [1.54, 1.807) is 18.4 Å². The van der Waals surface area contributed by atoms with Gasteiger partial charge in [-0.05, 0) is 30.2 Å². The van der Waals surface area contributed by atoms with Crippen LogP contribution in [0, 0.1) is 5.82 Å². The normalized spacial score (nSPS) is 10.7. The number of benzene rings is 2. The van der Waals surface area contributed by atoms with Gasteiger partial charge in [-0.25, -0.2) is 9.37 Å². The zero-order valence-corrected chi connectivity index (χ0v) is 15.8. The maximum absolute atomic E-state index is 13.8. The van der Waals surface area contributed by atoms with Crippen molar-refractivity contribution in [2.24, 2.45) is 0 Å². The molecule has 0 saturated heterocycles. The fourth-order valence-corrected chi connectivity index (χ4v) is 2.98. The molecule has 0 bridgehead atoms. The van der Waals surface area contributed by atoms with Gasteiger partial charge >= 0.3 is 0 Å². The summed E-state index contributed by atoms with van der Waals surface area (Å²) in [6, 6.07) is 22.3. The van der Waals surface area contributed by atoms with Crippen molar-refractivity contribution < 1.29 is 8.81 Å². The van der Waals surface area contributed by atoms with E-state index >= 15 is 0 Å². The van der Waals surface area contributed by atoms with Crippen molar-refractivity contribution in [3.63, 3.8) is 0 Å². The molecule has 0 unspecified atom stereocenters. The SMILES string of the molecule is Fc1ccccc1CCNc1cc(-c2ccccc2)nc(NCc2ccco2)n1. The van der Waals surface area contributed by atoms with Gasteiger partial charge in [-0.2, -0.15) is 4.98 Å². The van der Waals surface area contributed by atoms with Crippen LogP contribution in [0.1, 0.15) is 11.3 Å². The van der Waals surface area contributed by atoms with Gasteiger partial charge in [0.15, 0.2) is 0 Å². The summed E-state index contributed by atoms with van der Waals surface area (Å²) in [7, 11) is 0. The number of hydrogen-bond acceptors (Lipinski definition) is 5. The number of rotatable bonds is 8. The monoisotopic (exact) mass is 388 g/mol. The summed E-state index contributed by atoms with van der Waals surface area (Å²) < 4.78 is 19.2. The van der Waals surface area contributed by atoms with Crippen LogP contribution in [0.3, 0.4) is 0 Å². The molecular weight excluding hydrogens is 367 g/mol. The minimum Gasteiger partial charge on any atom is -0.467 e. The first kappa shape index (κ1) is 18.7. The summed E-state index contributed by atoms with van der Waals surface area (Å²) in [5.41, 5.74) is 2.47.